The fourth-order valence-corrected chi connectivity index (χ4v) is 3.46. The molecular formula is C18H21N5O. The third-order valence-electron chi connectivity index (χ3n) is 4.48. The van der Waals surface area contributed by atoms with Gasteiger partial charge in [0.15, 0.2) is 0 Å². The molecular weight excluding hydrogens is 302 g/mol. The summed E-state index contributed by atoms with van der Waals surface area (Å²) in [7, 11) is 0. The number of hydrogen-bond acceptors (Lipinski definition) is 5. The Kier molecular flexibility index (Phi) is 3.80. The zero-order chi connectivity index (χ0) is 16.5. The van der Waals surface area contributed by atoms with Crippen molar-refractivity contribution in [2.45, 2.75) is 32.7 Å². The summed E-state index contributed by atoms with van der Waals surface area (Å²) in [5.41, 5.74) is 2.27. The van der Waals surface area contributed by atoms with E-state index in [-0.39, 0.29) is 0 Å². The standard InChI is InChI=1S/C18H21N5O/c1-3-24-15-8-6-14(7-9-15)16-5-4-10-22(16)17-11-13(2)21-18-19-12-20-23(17)18/h6-9,11-12,16H,3-5,10H2,1-2H3/t16-/m0/s1. The van der Waals surface area contributed by atoms with Crippen LogP contribution in [-0.4, -0.2) is 32.7 Å². The molecule has 3 heterocycles. The summed E-state index contributed by atoms with van der Waals surface area (Å²) < 4.78 is 7.39. The van der Waals surface area contributed by atoms with Gasteiger partial charge in [0.25, 0.3) is 5.78 Å². The summed E-state index contributed by atoms with van der Waals surface area (Å²) in [5.74, 6) is 2.64. The van der Waals surface area contributed by atoms with E-state index in [4.69, 9.17) is 4.74 Å². The van der Waals surface area contributed by atoms with Crippen molar-refractivity contribution in [2.75, 3.05) is 18.1 Å². The van der Waals surface area contributed by atoms with E-state index in [2.05, 4.69) is 50.3 Å². The fourth-order valence-electron chi connectivity index (χ4n) is 3.46. The number of anilines is 1. The fraction of sp³-hybridized carbons (Fsp3) is 0.389. The largest absolute Gasteiger partial charge is 0.494 e. The van der Waals surface area contributed by atoms with Crippen molar-refractivity contribution >= 4 is 11.6 Å². The molecule has 0 unspecified atom stereocenters. The van der Waals surface area contributed by atoms with Crippen LogP contribution in [0, 0.1) is 6.92 Å². The molecule has 0 saturated carbocycles. The van der Waals surface area contributed by atoms with E-state index in [0.717, 1.165) is 36.6 Å². The highest BCUT2D eigenvalue weighted by molar-refractivity contribution is 5.50. The number of hydrogen-bond donors (Lipinski definition) is 0. The lowest BCUT2D eigenvalue weighted by molar-refractivity contribution is 0.340. The Hall–Kier alpha value is -2.63. The maximum atomic E-state index is 5.55. The van der Waals surface area contributed by atoms with Crippen LogP contribution in [-0.2, 0) is 0 Å². The van der Waals surface area contributed by atoms with Crippen molar-refractivity contribution < 1.29 is 4.74 Å². The van der Waals surface area contributed by atoms with Gasteiger partial charge in [0.1, 0.15) is 17.9 Å². The summed E-state index contributed by atoms with van der Waals surface area (Å²) in [5, 5.41) is 4.35. The van der Waals surface area contributed by atoms with Crippen LogP contribution >= 0.6 is 0 Å². The molecule has 0 aliphatic carbocycles. The minimum atomic E-state index is 0.342. The third-order valence-corrected chi connectivity index (χ3v) is 4.48. The lowest BCUT2D eigenvalue weighted by Gasteiger charge is -2.27. The molecule has 6 heteroatoms. The maximum Gasteiger partial charge on any atom is 0.254 e. The molecule has 1 atom stereocenters. The van der Waals surface area contributed by atoms with E-state index in [9.17, 15) is 0 Å². The van der Waals surface area contributed by atoms with Crippen molar-refractivity contribution in [3.8, 4) is 5.75 Å². The van der Waals surface area contributed by atoms with Gasteiger partial charge in [-0.15, -0.1) is 0 Å². The molecule has 1 saturated heterocycles. The monoisotopic (exact) mass is 323 g/mol. The topological polar surface area (TPSA) is 55.5 Å². The summed E-state index contributed by atoms with van der Waals surface area (Å²) in [4.78, 5) is 11.1. The average Bonchev–Trinajstić information content (AvgIpc) is 3.24. The second-order valence-corrected chi connectivity index (χ2v) is 6.08. The van der Waals surface area contributed by atoms with Crippen molar-refractivity contribution in [3.63, 3.8) is 0 Å². The Labute approximate surface area is 141 Å². The minimum absolute atomic E-state index is 0.342. The summed E-state index contributed by atoms with van der Waals surface area (Å²) >= 11 is 0. The molecule has 24 heavy (non-hydrogen) atoms. The third kappa shape index (κ3) is 2.58. The molecule has 0 amide bonds. The summed E-state index contributed by atoms with van der Waals surface area (Å²) in [6.07, 6.45) is 3.86. The van der Waals surface area contributed by atoms with Gasteiger partial charge in [-0.05, 0) is 44.4 Å². The number of nitrogens with zero attached hydrogens (tertiary/aromatic N) is 5. The van der Waals surface area contributed by atoms with E-state index in [1.54, 1.807) is 6.33 Å². The molecule has 2 aromatic heterocycles. The first-order chi connectivity index (χ1) is 11.8. The molecule has 4 rings (SSSR count). The normalized spacial score (nSPS) is 17.6. The Morgan fingerprint density at radius 2 is 2.08 bits per heavy atom. The van der Waals surface area contributed by atoms with Gasteiger partial charge in [0.2, 0.25) is 0 Å². The lowest BCUT2D eigenvalue weighted by Crippen LogP contribution is -2.25. The van der Waals surface area contributed by atoms with Crippen LogP contribution < -0.4 is 9.64 Å². The summed E-state index contributed by atoms with van der Waals surface area (Å²) in [6, 6.07) is 10.9. The smallest absolute Gasteiger partial charge is 0.254 e. The number of fused-ring (bicyclic) bond motifs is 1. The number of benzene rings is 1. The maximum absolute atomic E-state index is 5.55. The number of rotatable bonds is 4. The van der Waals surface area contributed by atoms with Gasteiger partial charge >= 0.3 is 0 Å². The molecule has 1 aliphatic heterocycles. The Bertz CT molecular complexity index is 842. The van der Waals surface area contributed by atoms with Gasteiger partial charge < -0.3 is 9.64 Å². The Balaban J connectivity index is 1.70. The second-order valence-electron chi connectivity index (χ2n) is 6.08. The van der Waals surface area contributed by atoms with Gasteiger partial charge in [-0.1, -0.05) is 12.1 Å². The highest BCUT2D eigenvalue weighted by atomic mass is 16.5. The SMILES string of the molecule is CCOc1ccc([C@@H]2CCCN2c2cc(C)nc3ncnn23)cc1. The van der Waals surface area contributed by atoms with Gasteiger partial charge in [0, 0.05) is 18.3 Å². The minimum Gasteiger partial charge on any atom is -0.494 e. The quantitative estimate of drug-likeness (QED) is 0.738. The van der Waals surface area contributed by atoms with Crippen LogP contribution in [0.5, 0.6) is 5.75 Å². The molecule has 0 radical (unpaired) electrons. The van der Waals surface area contributed by atoms with Crippen LogP contribution in [0.15, 0.2) is 36.7 Å². The Morgan fingerprint density at radius 3 is 2.88 bits per heavy atom. The number of ether oxygens (including phenoxy) is 1. The molecule has 6 nitrogen and oxygen atoms in total. The van der Waals surface area contributed by atoms with Gasteiger partial charge in [-0.3, -0.25) is 0 Å². The molecule has 3 aromatic rings. The van der Waals surface area contributed by atoms with Gasteiger partial charge in [-0.25, -0.2) is 4.98 Å². The second kappa shape index (κ2) is 6.11. The Morgan fingerprint density at radius 1 is 1.25 bits per heavy atom. The molecule has 0 N–H and O–H groups in total. The average molecular weight is 323 g/mol. The van der Waals surface area contributed by atoms with Crippen LogP contribution in [0.1, 0.15) is 37.1 Å². The lowest BCUT2D eigenvalue weighted by atomic mass is 10.0. The van der Waals surface area contributed by atoms with Crippen molar-refractivity contribution in [2.24, 2.45) is 0 Å². The van der Waals surface area contributed by atoms with Crippen LogP contribution in [0.2, 0.25) is 0 Å². The highest BCUT2D eigenvalue weighted by Gasteiger charge is 2.28. The van der Waals surface area contributed by atoms with Gasteiger partial charge in [0.05, 0.1) is 12.6 Å². The van der Waals surface area contributed by atoms with E-state index in [1.807, 2.05) is 18.4 Å². The van der Waals surface area contributed by atoms with Gasteiger partial charge in [-0.2, -0.15) is 14.6 Å². The number of aryl methyl sites for hydroxylation is 1. The van der Waals surface area contributed by atoms with E-state index >= 15 is 0 Å². The zero-order valence-corrected chi connectivity index (χ0v) is 14.0. The molecule has 1 aliphatic rings. The van der Waals surface area contributed by atoms with E-state index in [1.165, 1.54) is 5.56 Å². The van der Waals surface area contributed by atoms with Crippen LogP contribution in [0.25, 0.3) is 5.78 Å². The van der Waals surface area contributed by atoms with Crippen molar-refractivity contribution in [1.29, 1.82) is 0 Å². The van der Waals surface area contributed by atoms with Crippen LogP contribution in [0.4, 0.5) is 5.82 Å². The predicted octanol–water partition coefficient (Wildman–Crippen LogP) is 3.17. The predicted molar refractivity (Wildman–Crippen MR) is 92.5 cm³/mol. The molecule has 124 valence electrons. The molecule has 1 fully saturated rings. The van der Waals surface area contributed by atoms with Crippen molar-refractivity contribution in [3.05, 3.63) is 47.9 Å². The zero-order valence-electron chi connectivity index (χ0n) is 14.0. The van der Waals surface area contributed by atoms with E-state index in [0.29, 0.717) is 18.4 Å². The first-order valence-electron chi connectivity index (χ1n) is 8.43. The molecule has 0 spiro atoms. The molecule has 0 bridgehead atoms. The summed E-state index contributed by atoms with van der Waals surface area (Å²) in [6.45, 7) is 5.70. The van der Waals surface area contributed by atoms with E-state index < -0.39 is 0 Å². The molecule has 1 aromatic carbocycles. The number of aromatic nitrogens is 4. The van der Waals surface area contributed by atoms with Crippen molar-refractivity contribution in [1.82, 2.24) is 19.6 Å². The first-order valence-corrected chi connectivity index (χ1v) is 8.43. The highest BCUT2D eigenvalue weighted by Crippen LogP contribution is 2.36. The first kappa shape index (κ1) is 14.9. The van der Waals surface area contributed by atoms with Crippen LogP contribution in [0.3, 0.4) is 0 Å².